The van der Waals surface area contributed by atoms with E-state index in [0.717, 1.165) is 0 Å². The van der Waals surface area contributed by atoms with Gasteiger partial charge in [0.15, 0.2) is 0 Å². The van der Waals surface area contributed by atoms with E-state index in [0.29, 0.717) is 17.9 Å². The predicted molar refractivity (Wildman–Crippen MR) is 52.9 cm³/mol. The molecule has 5 heteroatoms. The van der Waals surface area contributed by atoms with E-state index in [1.54, 1.807) is 12.3 Å². The number of hydrogen-bond donors (Lipinski definition) is 0. The van der Waals surface area contributed by atoms with E-state index in [4.69, 9.17) is 16.4 Å². The van der Waals surface area contributed by atoms with Gasteiger partial charge in [0.2, 0.25) is 0 Å². The molecule has 0 saturated carbocycles. The van der Waals surface area contributed by atoms with Crippen molar-refractivity contribution in [1.82, 2.24) is 9.71 Å². The Morgan fingerprint density at radius 1 is 1.86 bits per heavy atom. The Morgan fingerprint density at radius 2 is 2.57 bits per heavy atom. The lowest BCUT2D eigenvalue weighted by molar-refractivity contribution is -0.142. The van der Waals surface area contributed by atoms with Crippen molar-refractivity contribution in [1.29, 1.82) is 0 Å². The van der Waals surface area contributed by atoms with E-state index in [2.05, 4.69) is 11.6 Å². The Bertz CT molecular complexity index is 347. The van der Waals surface area contributed by atoms with Crippen LogP contribution < -0.4 is 4.84 Å². The van der Waals surface area contributed by atoms with Gasteiger partial charge in [0.25, 0.3) is 0 Å². The lowest BCUT2D eigenvalue weighted by Crippen LogP contribution is -2.20. The summed E-state index contributed by atoms with van der Waals surface area (Å²) in [4.78, 5) is 19.8. The fourth-order valence-electron chi connectivity index (χ4n) is 1.01. The first kappa shape index (κ1) is 10.8. The van der Waals surface area contributed by atoms with Crippen LogP contribution in [-0.2, 0) is 17.1 Å². The van der Waals surface area contributed by atoms with Crippen LogP contribution in [0, 0.1) is 0 Å². The molecule has 0 aliphatic rings. The Labute approximate surface area is 87.1 Å². The fraction of sp³-hybridized carbons (Fsp3) is 0.333. The van der Waals surface area contributed by atoms with Gasteiger partial charge in [-0.05, 0) is 0 Å². The number of rotatable bonds is 4. The third kappa shape index (κ3) is 2.35. The molecule has 0 atom stereocenters. The SMILES string of the molecule is C=CCc1ncc(CCl)n1OC(C)=O. The zero-order chi connectivity index (χ0) is 10.6. The molecular weight excluding hydrogens is 204 g/mol. The third-order valence-electron chi connectivity index (χ3n) is 1.54. The van der Waals surface area contributed by atoms with Crippen LogP contribution in [0.2, 0.25) is 0 Å². The third-order valence-corrected chi connectivity index (χ3v) is 1.82. The van der Waals surface area contributed by atoms with Gasteiger partial charge < -0.3 is 4.84 Å². The van der Waals surface area contributed by atoms with E-state index < -0.39 is 5.97 Å². The number of carbonyl (C=O) groups excluding carboxylic acids is 1. The summed E-state index contributed by atoms with van der Waals surface area (Å²) in [6, 6.07) is 0. The van der Waals surface area contributed by atoms with E-state index in [1.807, 2.05) is 0 Å². The number of halogens is 1. The Kier molecular flexibility index (Phi) is 3.71. The molecule has 0 aliphatic heterocycles. The molecule has 0 amide bonds. The van der Waals surface area contributed by atoms with Crippen LogP contribution in [0.1, 0.15) is 18.4 Å². The van der Waals surface area contributed by atoms with Gasteiger partial charge in [0.1, 0.15) is 5.82 Å². The van der Waals surface area contributed by atoms with Crippen LogP contribution in [0.15, 0.2) is 18.9 Å². The van der Waals surface area contributed by atoms with Gasteiger partial charge in [0.05, 0.1) is 17.8 Å². The summed E-state index contributed by atoms with van der Waals surface area (Å²) in [5.74, 6) is 0.461. The monoisotopic (exact) mass is 214 g/mol. The van der Waals surface area contributed by atoms with Gasteiger partial charge in [0, 0.05) is 13.3 Å². The van der Waals surface area contributed by atoms with Crippen molar-refractivity contribution in [3.63, 3.8) is 0 Å². The maximum absolute atomic E-state index is 10.8. The van der Waals surface area contributed by atoms with Crippen LogP contribution in [-0.4, -0.2) is 15.7 Å². The molecule has 0 bridgehead atoms. The molecule has 14 heavy (non-hydrogen) atoms. The van der Waals surface area contributed by atoms with E-state index in [-0.39, 0.29) is 5.88 Å². The largest absolute Gasteiger partial charge is 0.335 e. The minimum absolute atomic E-state index is 0.247. The van der Waals surface area contributed by atoms with E-state index in [9.17, 15) is 4.79 Å². The van der Waals surface area contributed by atoms with E-state index >= 15 is 0 Å². The molecule has 1 aromatic heterocycles. The molecule has 0 unspecified atom stereocenters. The van der Waals surface area contributed by atoms with Crippen LogP contribution in [0.3, 0.4) is 0 Å². The summed E-state index contributed by atoms with van der Waals surface area (Å²) >= 11 is 5.65. The highest BCUT2D eigenvalue weighted by atomic mass is 35.5. The van der Waals surface area contributed by atoms with Crippen molar-refractivity contribution in [3.05, 3.63) is 30.4 Å². The average Bonchev–Trinajstić information content (AvgIpc) is 2.48. The molecule has 1 heterocycles. The highest BCUT2D eigenvalue weighted by molar-refractivity contribution is 6.16. The molecule has 76 valence electrons. The Balaban J connectivity index is 2.98. The molecule has 0 spiro atoms. The topological polar surface area (TPSA) is 44.1 Å². The van der Waals surface area contributed by atoms with Gasteiger partial charge in [-0.25, -0.2) is 9.78 Å². The zero-order valence-corrected chi connectivity index (χ0v) is 8.62. The number of hydrogen-bond acceptors (Lipinski definition) is 3. The first-order valence-corrected chi connectivity index (χ1v) is 4.63. The van der Waals surface area contributed by atoms with Crippen LogP contribution in [0.5, 0.6) is 0 Å². The zero-order valence-electron chi connectivity index (χ0n) is 7.86. The highest BCUT2D eigenvalue weighted by Gasteiger charge is 2.10. The molecule has 0 saturated heterocycles. The van der Waals surface area contributed by atoms with Gasteiger partial charge in [-0.2, -0.15) is 4.73 Å². The predicted octanol–water partition coefficient (Wildman–Crippen LogP) is 1.33. The Hall–Kier alpha value is -1.29. The molecule has 4 nitrogen and oxygen atoms in total. The number of aromatic nitrogens is 2. The van der Waals surface area contributed by atoms with Crippen LogP contribution >= 0.6 is 11.6 Å². The summed E-state index contributed by atoms with van der Waals surface area (Å²) in [6.07, 6.45) is 3.79. The number of allylic oxidation sites excluding steroid dienone is 1. The minimum atomic E-state index is -0.403. The molecule has 1 aromatic rings. The summed E-state index contributed by atoms with van der Waals surface area (Å²) in [7, 11) is 0. The van der Waals surface area contributed by atoms with Crippen molar-refractivity contribution in [3.8, 4) is 0 Å². The van der Waals surface area contributed by atoms with Crippen molar-refractivity contribution < 1.29 is 9.63 Å². The maximum Gasteiger partial charge on any atom is 0.329 e. The normalized spacial score (nSPS) is 9.86. The molecule has 0 aliphatic carbocycles. The van der Waals surface area contributed by atoms with Crippen LogP contribution in [0.25, 0.3) is 0 Å². The quantitative estimate of drug-likeness (QED) is 0.561. The second kappa shape index (κ2) is 4.81. The van der Waals surface area contributed by atoms with Gasteiger partial charge in [-0.15, -0.1) is 18.2 Å². The Morgan fingerprint density at radius 3 is 3.07 bits per heavy atom. The first-order valence-electron chi connectivity index (χ1n) is 4.10. The number of carbonyl (C=O) groups is 1. The summed E-state index contributed by atoms with van der Waals surface area (Å²) in [6.45, 7) is 4.91. The molecule has 0 aromatic carbocycles. The van der Waals surface area contributed by atoms with Gasteiger partial charge in [-0.1, -0.05) is 6.08 Å². The molecule has 1 rings (SSSR count). The molecular formula is C9H11ClN2O2. The second-order valence-corrected chi connectivity index (χ2v) is 2.94. The fourth-order valence-corrected chi connectivity index (χ4v) is 1.19. The lowest BCUT2D eigenvalue weighted by atomic mass is 10.4. The standard InChI is InChI=1S/C9H11ClN2O2/c1-3-4-9-11-6-8(5-10)12(9)14-7(2)13/h3,6H,1,4-5H2,2H3. The minimum Gasteiger partial charge on any atom is -0.335 e. The maximum atomic E-state index is 10.8. The van der Waals surface area contributed by atoms with Gasteiger partial charge in [-0.3, -0.25) is 0 Å². The summed E-state index contributed by atoms with van der Waals surface area (Å²) in [5, 5.41) is 0. The van der Waals surface area contributed by atoms with Crippen molar-refractivity contribution in [2.24, 2.45) is 0 Å². The highest BCUT2D eigenvalue weighted by Crippen LogP contribution is 2.07. The molecule has 0 radical (unpaired) electrons. The summed E-state index contributed by atoms with van der Waals surface area (Å²) < 4.78 is 1.34. The van der Waals surface area contributed by atoms with Crippen LogP contribution in [0.4, 0.5) is 0 Å². The number of alkyl halides is 1. The molecule has 0 N–H and O–H groups in total. The average molecular weight is 215 g/mol. The summed E-state index contributed by atoms with van der Waals surface area (Å²) in [5.41, 5.74) is 0.652. The first-order chi connectivity index (χ1) is 6.69. The van der Waals surface area contributed by atoms with Crippen molar-refractivity contribution >= 4 is 17.6 Å². The van der Waals surface area contributed by atoms with Gasteiger partial charge >= 0.3 is 5.97 Å². The second-order valence-electron chi connectivity index (χ2n) is 2.67. The smallest absolute Gasteiger partial charge is 0.329 e. The van der Waals surface area contributed by atoms with E-state index in [1.165, 1.54) is 11.7 Å². The molecule has 0 fully saturated rings. The van der Waals surface area contributed by atoms with Crippen molar-refractivity contribution in [2.75, 3.05) is 0 Å². The lowest BCUT2D eigenvalue weighted by Gasteiger charge is -2.07. The number of imidazole rings is 1. The number of nitrogens with zero attached hydrogens (tertiary/aromatic N) is 2. The van der Waals surface area contributed by atoms with Crippen molar-refractivity contribution in [2.45, 2.75) is 19.2 Å².